The van der Waals surface area contributed by atoms with Crippen molar-refractivity contribution in [3.8, 4) is 0 Å². The molecule has 0 aromatic heterocycles. The molecule has 0 radical (unpaired) electrons. The summed E-state index contributed by atoms with van der Waals surface area (Å²) in [5.74, 6) is 0. The Bertz CT molecular complexity index is 300. The number of nitrogens with one attached hydrogen (secondary N) is 2. The van der Waals surface area contributed by atoms with E-state index in [2.05, 4.69) is 17.6 Å². The second kappa shape index (κ2) is 9.29. The third-order valence-corrected chi connectivity index (χ3v) is 3.86. The zero-order chi connectivity index (χ0) is 15.7. The number of amides is 1. The first-order valence-corrected chi connectivity index (χ1v) is 8.63. The lowest BCUT2D eigenvalue weighted by Gasteiger charge is -2.31. The first-order valence-electron chi connectivity index (χ1n) is 8.63. The molecule has 4 nitrogen and oxygen atoms in total. The molecule has 21 heavy (non-hydrogen) atoms. The van der Waals surface area contributed by atoms with Crippen molar-refractivity contribution in [3.63, 3.8) is 0 Å². The van der Waals surface area contributed by atoms with Crippen molar-refractivity contribution in [1.29, 1.82) is 0 Å². The molecule has 2 N–H and O–H groups in total. The predicted octanol–water partition coefficient (Wildman–Crippen LogP) is 3.99. The van der Waals surface area contributed by atoms with Gasteiger partial charge in [-0.05, 0) is 59.4 Å². The SMILES string of the molecule is CCCCCCNC1CCCC(NC(=O)OC(C)(C)C)C1. The summed E-state index contributed by atoms with van der Waals surface area (Å²) >= 11 is 0. The van der Waals surface area contributed by atoms with E-state index in [1.807, 2.05) is 20.8 Å². The molecule has 1 aliphatic rings. The summed E-state index contributed by atoms with van der Waals surface area (Å²) < 4.78 is 5.33. The third kappa shape index (κ3) is 8.97. The van der Waals surface area contributed by atoms with Crippen LogP contribution in [0.1, 0.15) is 79.1 Å². The van der Waals surface area contributed by atoms with Gasteiger partial charge in [0.2, 0.25) is 0 Å². The van der Waals surface area contributed by atoms with E-state index in [4.69, 9.17) is 4.74 Å². The van der Waals surface area contributed by atoms with Crippen LogP contribution in [0.4, 0.5) is 4.79 Å². The molecule has 1 saturated carbocycles. The van der Waals surface area contributed by atoms with Crippen molar-refractivity contribution in [3.05, 3.63) is 0 Å². The minimum Gasteiger partial charge on any atom is -0.444 e. The lowest BCUT2D eigenvalue weighted by atomic mass is 9.91. The monoisotopic (exact) mass is 298 g/mol. The van der Waals surface area contributed by atoms with Crippen molar-refractivity contribution in [2.45, 2.75) is 96.7 Å². The molecule has 1 amide bonds. The fraction of sp³-hybridized carbons (Fsp3) is 0.941. The summed E-state index contributed by atoms with van der Waals surface area (Å²) in [5.41, 5.74) is -0.421. The first-order chi connectivity index (χ1) is 9.90. The van der Waals surface area contributed by atoms with E-state index in [0.29, 0.717) is 6.04 Å². The van der Waals surface area contributed by atoms with Gasteiger partial charge in [0.05, 0.1) is 0 Å². The fourth-order valence-corrected chi connectivity index (χ4v) is 2.84. The summed E-state index contributed by atoms with van der Waals surface area (Å²) in [6.45, 7) is 9.03. The molecule has 1 rings (SSSR count). The van der Waals surface area contributed by atoms with Gasteiger partial charge in [0.25, 0.3) is 0 Å². The van der Waals surface area contributed by atoms with Crippen LogP contribution in [0.2, 0.25) is 0 Å². The van der Waals surface area contributed by atoms with Crippen LogP contribution in [0.15, 0.2) is 0 Å². The van der Waals surface area contributed by atoms with Gasteiger partial charge in [-0.2, -0.15) is 0 Å². The standard InChI is InChI=1S/C17H34N2O2/c1-5-6-7-8-12-18-14-10-9-11-15(13-14)19-16(20)21-17(2,3)4/h14-15,18H,5-13H2,1-4H3,(H,19,20). The van der Waals surface area contributed by atoms with E-state index < -0.39 is 5.60 Å². The van der Waals surface area contributed by atoms with Crippen molar-refractivity contribution < 1.29 is 9.53 Å². The molecule has 0 aromatic rings. The Morgan fingerprint density at radius 2 is 1.86 bits per heavy atom. The van der Waals surface area contributed by atoms with Crippen LogP contribution in [-0.2, 0) is 4.74 Å². The molecule has 0 bridgehead atoms. The zero-order valence-corrected chi connectivity index (χ0v) is 14.3. The quantitative estimate of drug-likeness (QED) is 0.699. The van der Waals surface area contributed by atoms with Gasteiger partial charge in [-0.3, -0.25) is 0 Å². The van der Waals surface area contributed by atoms with Gasteiger partial charge in [0.1, 0.15) is 5.60 Å². The first kappa shape index (κ1) is 18.3. The average molecular weight is 298 g/mol. The van der Waals surface area contributed by atoms with Crippen LogP contribution in [0.5, 0.6) is 0 Å². The predicted molar refractivity (Wildman–Crippen MR) is 87.6 cm³/mol. The Kier molecular flexibility index (Phi) is 8.09. The Balaban J connectivity index is 2.21. The maximum atomic E-state index is 11.8. The highest BCUT2D eigenvalue weighted by molar-refractivity contribution is 5.68. The van der Waals surface area contributed by atoms with Crippen LogP contribution < -0.4 is 10.6 Å². The van der Waals surface area contributed by atoms with Gasteiger partial charge >= 0.3 is 6.09 Å². The van der Waals surface area contributed by atoms with Crippen molar-refractivity contribution in [2.75, 3.05) is 6.54 Å². The van der Waals surface area contributed by atoms with Crippen LogP contribution in [0.3, 0.4) is 0 Å². The Morgan fingerprint density at radius 3 is 2.52 bits per heavy atom. The number of carbonyl (C=O) groups excluding carboxylic acids is 1. The molecule has 4 heteroatoms. The van der Waals surface area contributed by atoms with E-state index in [1.54, 1.807) is 0 Å². The van der Waals surface area contributed by atoms with Crippen LogP contribution in [0, 0.1) is 0 Å². The van der Waals surface area contributed by atoms with Gasteiger partial charge in [-0.25, -0.2) is 4.79 Å². The minimum atomic E-state index is -0.421. The fourth-order valence-electron chi connectivity index (χ4n) is 2.84. The van der Waals surface area contributed by atoms with Gasteiger partial charge < -0.3 is 15.4 Å². The van der Waals surface area contributed by atoms with Gasteiger partial charge in [-0.1, -0.05) is 26.2 Å². The number of hydrogen-bond donors (Lipinski definition) is 2. The van der Waals surface area contributed by atoms with Crippen molar-refractivity contribution in [1.82, 2.24) is 10.6 Å². The molecule has 2 atom stereocenters. The largest absolute Gasteiger partial charge is 0.444 e. The molecular weight excluding hydrogens is 264 g/mol. The minimum absolute atomic E-state index is 0.252. The Morgan fingerprint density at radius 1 is 1.14 bits per heavy atom. The summed E-state index contributed by atoms with van der Waals surface area (Å²) in [4.78, 5) is 11.8. The highest BCUT2D eigenvalue weighted by atomic mass is 16.6. The molecular formula is C17H34N2O2. The lowest BCUT2D eigenvalue weighted by Crippen LogP contribution is -2.45. The maximum absolute atomic E-state index is 11.8. The number of ether oxygens (including phenoxy) is 1. The number of rotatable bonds is 7. The highest BCUT2D eigenvalue weighted by Gasteiger charge is 2.25. The van der Waals surface area contributed by atoms with Crippen LogP contribution in [-0.4, -0.2) is 30.3 Å². The number of carbonyl (C=O) groups is 1. The van der Waals surface area contributed by atoms with Gasteiger partial charge in [0, 0.05) is 12.1 Å². The van der Waals surface area contributed by atoms with E-state index >= 15 is 0 Å². The normalized spacial score (nSPS) is 22.9. The smallest absolute Gasteiger partial charge is 0.407 e. The van der Waals surface area contributed by atoms with E-state index in [1.165, 1.54) is 38.5 Å². The second-order valence-electron chi connectivity index (χ2n) is 7.22. The van der Waals surface area contributed by atoms with Gasteiger partial charge in [-0.15, -0.1) is 0 Å². The highest BCUT2D eigenvalue weighted by Crippen LogP contribution is 2.19. The van der Waals surface area contributed by atoms with Crippen LogP contribution in [0.25, 0.3) is 0 Å². The molecule has 1 fully saturated rings. The molecule has 0 aliphatic heterocycles. The average Bonchev–Trinajstić information content (AvgIpc) is 2.36. The number of unbranched alkanes of at least 4 members (excludes halogenated alkanes) is 3. The summed E-state index contributed by atoms with van der Waals surface area (Å²) in [6.07, 6.45) is 9.38. The van der Waals surface area contributed by atoms with E-state index in [-0.39, 0.29) is 12.1 Å². The molecule has 1 aliphatic carbocycles. The summed E-state index contributed by atoms with van der Waals surface area (Å²) in [5, 5.41) is 6.65. The Hall–Kier alpha value is -0.770. The third-order valence-electron chi connectivity index (χ3n) is 3.86. The van der Waals surface area contributed by atoms with Crippen molar-refractivity contribution >= 4 is 6.09 Å². The molecule has 0 saturated heterocycles. The molecule has 0 heterocycles. The van der Waals surface area contributed by atoms with E-state index in [9.17, 15) is 4.79 Å². The van der Waals surface area contributed by atoms with Crippen molar-refractivity contribution in [2.24, 2.45) is 0 Å². The lowest BCUT2D eigenvalue weighted by molar-refractivity contribution is 0.0488. The van der Waals surface area contributed by atoms with Gasteiger partial charge in [0.15, 0.2) is 0 Å². The molecule has 0 spiro atoms. The number of hydrogen-bond acceptors (Lipinski definition) is 3. The summed E-state index contributed by atoms with van der Waals surface area (Å²) in [6, 6.07) is 0.794. The second-order valence-corrected chi connectivity index (χ2v) is 7.22. The molecule has 124 valence electrons. The topological polar surface area (TPSA) is 50.4 Å². The van der Waals surface area contributed by atoms with E-state index in [0.717, 1.165) is 19.4 Å². The summed E-state index contributed by atoms with van der Waals surface area (Å²) in [7, 11) is 0. The molecule has 2 unspecified atom stereocenters. The Labute approximate surface area is 130 Å². The number of alkyl carbamates (subject to hydrolysis) is 1. The van der Waals surface area contributed by atoms with Crippen LogP contribution >= 0.6 is 0 Å². The molecule has 0 aromatic carbocycles. The zero-order valence-electron chi connectivity index (χ0n) is 14.3. The maximum Gasteiger partial charge on any atom is 0.407 e.